The summed E-state index contributed by atoms with van der Waals surface area (Å²) in [7, 11) is 0. The number of hydrogen-bond donors (Lipinski definition) is 0. The molecule has 1 aromatic heterocycles. The van der Waals surface area contributed by atoms with E-state index in [2.05, 4.69) is 79.5 Å². The lowest BCUT2D eigenvalue weighted by Crippen LogP contribution is -2.23. The fourth-order valence-corrected chi connectivity index (χ4v) is 4.64. The van der Waals surface area contributed by atoms with Gasteiger partial charge in [-0.15, -0.1) is 0 Å². The molecule has 1 radical (unpaired) electrons. The van der Waals surface area contributed by atoms with Gasteiger partial charge in [0.2, 0.25) is 5.82 Å². The van der Waals surface area contributed by atoms with Gasteiger partial charge in [-0.25, -0.2) is 0 Å². The Morgan fingerprint density at radius 3 is 2.45 bits per heavy atom. The van der Waals surface area contributed by atoms with Gasteiger partial charge in [-0.05, 0) is 74.3 Å². The van der Waals surface area contributed by atoms with E-state index < -0.39 is 0 Å². The van der Waals surface area contributed by atoms with Crippen molar-refractivity contribution in [3.8, 4) is 11.4 Å². The number of nitrogens with zero attached hydrogens (tertiary/aromatic N) is 2. The monoisotopic (exact) mass is 413 g/mol. The van der Waals surface area contributed by atoms with Gasteiger partial charge in [0.05, 0.1) is 0 Å². The third-order valence-corrected chi connectivity index (χ3v) is 6.84. The molecule has 1 unspecified atom stereocenters. The van der Waals surface area contributed by atoms with Crippen molar-refractivity contribution in [1.29, 1.82) is 0 Å². The quantitative estimate of drug-likeness (QED) is 0.407. The van der Waals surface area contributed by atoms with Crippen LogP contribution in [-0.2, 0) is 6.42 Å². The lowest BCUT2D eigenvalue weighted by Gasteiger charge is -2.34. The molecule has 0 spiro atoms. The molecule has 1 atom stereocenters. The third-order valence-electron chi connectivity index (χ3n) is 6.84. The summed E-state index contributed by atoms with van der Waals surface area (Å²) in [5.41, 5.74) is 3.66. The largest absolute Gasteiger partial charge is 0.334 e. The number of benzene rings is 2. The average molecular weight is 414 g/mol. The summed E-state index contributed by atoms with van der Waals surface area (Å²) in [4.78, 5) is 4.53. The van der Waals surface area contributed by atoms with Crippen molar-refractivity contribution in [2.75, 3.05) is 0 Å². The Morgan fingerprint density at radius 1 is 1.03 bits per heavy atom. The molecule has 4 rings (SSSR count). The first-order chi connectivity index (χ1) is 15.1. The van der Waals surface area contributed by atoms with Gasteiger partial charge in [-0.1, -0.05) is 85.2 Å². The molecule has 0 saturated heterocycles. The zero-order chi connectivity index (χ0) is 21.6. The van der Waals surface area contributed by atoms with Crippen LogP contribution >= 0.6 is 0 Å². The summed E-state index contributed by atoms with van der Waals surface area (Å²) >= 11 is 0. The minimum atomic E-state index is 0.594. The van der Waals surface area contributed by atoms with Crippen LogP contribution in [0.5, 0.6) is 0 Å². The highest BCUT2D eigenvalue weighted by atomic mass is 16.5. The maximum Gasteiger partial charge on any atom is 0.250 e. The molecule has 1 aliphatic carbocycles. The number of allylic oxidation sites excluding steroid dienone is 1. The summed E-state index contributed by atoms with van der Waals surface area (Å²) in [6.45, 7) is 6.83. The predicted molar refractivity (Wildman–Crippen MR) is 127 cm³/mol. The zero-order valence-electron chi connectivity index (χ0n) is 18.9. The Hall–Kier alpha value is -2.68. The molecule has 31 heavy (non-hydrogen) atoms. The highest BCUT2D eigenvalue weighted by Gasteiger charge is 2.27. The van der Waals surface area contributed by atoms with Gasteiger partial charge in [0, 0.05) is 5.56 Å². The lowest BCUT2D eigenvalue weighted by atomic mass is 9.71. The molecule has 1 aliphatic rings. The molecule has 3 nitrogen and oxygen atoms in total. The van der Waals surface area contributed by atoms with Gasteiger partial charge >= 0.3 is 0 Å². The van der Waals surface area contributed by atoms with Crippen molar-refractivity contribution < 1.29 is 4.52 Å². The number of hydrogen-bond acceptors (Lipinski definition) is 3. The molecule has 2 aromatic carbocycles. The van der Waals surface area contributed by atoms with E-state index in [1.165, 1.54) is 36.8 Å². The van der Waals surface area contributed by atoms with Gasteiger partial charge in [0.1, 0.15) is 0 Å². The molecular formula is C28H33N2O. The fraction of sp³-hybridized carbons (Fsp3) is 0.393. The van der Waals surface area contributed by atoms with Crippen LogP contribution < -0.4 is 0 Å². The molecular weight excluding hydrogens is 380 g/mol. The van der Waals surface area contributed by atoms with Crippen LogP contribution in [0.3, 0.4) is 0 Å². The lowest BCUT2D eigenvalue weighted by molar-refractivity contribution is 0.293. The molecule has 1 saturated carbocycles. The second-order valence-corrected chi connectivity index (χ2v) is 9.13. The van der Waals surface area contributed by atoms with E-state index in [9.17, 15) is 0 Å². The van der Waals surface area contributed by atoms with E-state index in [0.29, 0.717) is 23.6 Å². The summed E-state index contributed by atoms with van der Waals surface area (Å²) in [5, 5.41) is 4.13. The highest BCUT2D eigenvalue weighted by Crippen LogP contribution is 2.39. The van der Waals surface area contributed by atoms with Gasteiger partial charge < -0.3 is 4.52 Å². The molecule has 3 aromatic rings. The fourth-order valence-electron chi connectivity index (χ4n) is 4.64. The van der Waals surface area contributed by atoms with Crippen molar-refractivity contribution in [3.05, 3.63) is 83.6 Å². The molecule has 1 heterocycles. The minimum absolute atomic E-state index is 0.594. The molecule has 1 fully saturated rings. The normalized spacial score (nSPS) is 20.4. The Morgan fingerprint density at radius 2 is 1.74 bits per heavy atom. The summed E-state index contributed by atoms with van der Waals surface area (Å²) in [6, 6.07) is 19.1. The van der Waals surface area contributed by atoms with Crippen LogP contribution in [0.1, 0.15) is 56.5 Å². The van der Waals surface area contributed by atoms with Crippen molar-refractivity contribution in [3.63, 3.8) is 0 Å². The topological polar surface area (TPSA) is 38.9 Å². The SMILES string of the molecule is C[C](C(C)Cc1ccccc1)C1CCC(C=Cc2nc(-c3ccc(C)cc3)no2)CC1. The Kier molecular flexibility index (Phi) is 7.01. The Labute approximate surface area is 186 Å². The van der Waals surface area contributed by atoms with Crippen LogP contribution in [0, 0.1) is 30.6 Å². The maximum atomic E-state index is 5.44. The van der Waals surface area contributed by atoms with Crippen molar-refractivity contribution in [1.82, 2.24) is 10.1 Å². The predicted octanol–water partition coefficient (Wildman–Crippen LogP) is 7.34. The summed E-state index contributed by atoms with van der Waals surface area (Å²) < 4.78 is 5.44. The standard InChI is InChI=1S/C28H33N2O/c1-20-9-14-26(15-10-20)28-29-27(31-30-28)18-13-23-11-16-25(17-12-23)22(3)21(2)19-24-7-5-4-6-8-24/h4-10,13-15,18,21,23,25H,11-12,16-17,19H2,1-3H3. The number of rotatable bonds is 7. The first-order valence-corrected chi connectivity index (χ1v) is 11.5. The van der Waals surface area contributed by atoms with Crippen LogP contribution in [0.2, 0.25) is 0 Å². The van der Waals surface area contributed by atoms with E-state index in [1.807, 2.05) is 18.2 Å². The van der Waals surface area contributed by atoms with Crippen molar-refractivity contribution in [2.24, 2.45) is 17.8 Å². The van der Waals surface area contributed by atoms with E-state index >= 15 is 0 Å². The average Bonchev–Trinajstić information content (AvgIpc) is 3.28. The molecule has 161 valence electrons. The van der Waals surface area contributed by atoms with E-state index in [0.717, 1.165) is 17.9 Å². The Bertz CT molecular complexity index is 966. The minimum Gasteiger partial charge on any atom is -0.334 e. The first kappa shape index (κ1) is 21.5. The molecule has 0 aliphatic heterocycles. The smallest absolute Gasteiger partial charge is 0.250 e. The number of aryl methyl sites for hydroxylation is 1. The molecule has 3 heteroatoms. The summed E-state index contributed by atoms with van der Waals surface area (Å²) in [5.74, 6) is 4.91. The highest BCUT2D eigenvalue weighted by molar-refractivity contribution is 5.56. The second kappa shape index (κ2) is 10.1. The van der Waals surface area contributed by atoms with Gasteiger partial charge in [0.15, 0.2) is 0 Å². The van der Waals surface area contributed by atoms with Gasteiger partial charge in [0.25, 0.3) is 5.89 Å². The van der Waals surface area contributed by atoms with E-state index in [-0.39, 0.29) is 0 Å². The van der Waals surface area contributed by atoms with E-state index in [4.69, 9.17) is 4.52 Å². The van der Waals surface area contributed by atoms with Crippen LogP contribution in [0.4, 0.5) is 0 Å². The van der Waals surface area contributed by atoms with Crippen LogP contribution in [0.15, 0.2) is 65.2 Å². The van der Waals surface area contributed by atoms with Crippen LogP contribution in [-0.4, -0.2) is 10.1 Å². The molecule has 0 N–H and O–H groups in total. The zero-order valence-corrected chi connectivity index (χ0v) is 18.9. The van der Waals surface area contributed by atoms with Crippen molar-refractivity contribution in [2.45, 2.75) is 52.9 Å². The van der Waals surface area contributed by atoms with Gasteiger partial charge in [-0.3, -0.25) is 0 Å². The number of aromatic nitrogens is 2. The Balaban J connectivity index is 1.27. The molecule has 0 amide bonds. The van der Waals surface area contributed by atoms with Crippen molar-refractivity contribution >= 4 is 6.08 Å². The first-order valence-electron chi connectivity index (χ1n) is 11.5. The third kappa shape index (κ3) is 5.72. The van der Waals surface area contributed by atoms with Gasteiger partial charge in [-0.2, -0.15) is 4.98 Å². The van der Waals surface area contributed by atoms with Crippen LogP contribution in [0.25, 0.3) is 17.5 Å². The van der Waals surface area contributed by atoms with E-state index in [1.54, 1.807) is 5.92 Å². The molecule has 0 bridgehead atoms. The summed E-state index contributed by atoms with van der Waals surface area (Å²) in [6.07, 6.45) is 10.4. The maximum absolute atomic E-state index is 5.44. The second-order valence-electron chi connectivity index (χ2n) is 9.13.